The third-order valence-corrected chi connectivity index (χ3v) is 2.12. The van der Waals surface area contributed by atoms with Crippen molar-refractivity contribution in [3.63, 3.8) is 0 Å². The highest BCUT2D eigenvalue weighted by Crippen LogP contribution is 2.10. The second kappa shape index (κ2) is 6.74. The topological polar surface area (TPSA) is 51.2 Å². The average molecular weight is 220 g/mol. The summed E-state index contributed by atoms with van der Waals surface area (Å²) in [6, 6.07) is 1.66. The molecule has 0 aliphatic carbocycles. The Morgan fingerprint density at radius 2 is 2.44 bits per heavy atom. The van der Waals surface area contributed by atoms with Crippen LogP contribution in [0.5, 0.6) is 0 Å². The summed E-state index contributed by atoms with van der Waals surface area (Å²) in [4.78, 5) is 15.4. The summed E-state index contributed by atoms with van der Waals surface area (Å²) in [5.41, 5.74) is 1.32. The van der Waals surface area contributed by atoms with Gasteiger partial charge in [-0.3, -0.25) is 4.98 Å². The van der Waals surface area contributed by atoms with Crippen LogP contribution in [0.3, 0.4) is 0 Å². The number of carbonyl (C=O) groups excluding carboxylic acids is 1. The Morgan fingerprint density at radius 3 is 3.12 bits per heavy atom. The Balaban J connectivity index is 2.78. The molecule has 0 amide bonds. The van der Waals surface area contributed by atoms with Crippen LogP contribution in [0, 0.1) is 0 Å². The van der Waals surface area contributed by atoms with E-state index in [1.807, 2.05) is 19.2 Å². The lowest BCUT2D eigenvalue weighted by atomic mass is 10.1. The second-order valence-electron chi connectivity index (χ2n) is 3.25. The van der Waals surface area contributed by atoms with Crippen molar-refractivity contribution in [3.8, 4) is 0 Å². The first-order valence-corrected chi connectivity index (χ1v) is 5.13. The molecule has 1 aromatic rings. The molecular weight excluding hydrogens is 204 g/mol. The van der Waals surface area contributed by atoms with E-state index in [9.17, 15) is 4.79 Å². The van der Waals surface area contributed by atoms with Crippen molar-refractivity contribution < 1.29 is 9.53 Å². The lowest BCUT2D eigenvalue weighted by Gasteiger charge is -2.02. The van der Waals surface area contributed by atoms with Gasteiger partial charge in [0.25, 0.3) is 0 Å². The predicted octanol–water partition coefficient (Wildman–Crippen LogP) is 1.49. The van der Waals surface area contributed by atoms with E-state index in [1.165, 1.54) is 7.11 Å². The third kappa shape index (κ3) is 3.47. The smallest absolute Gasteiger partial charge is 0.338 e. The van der Waals surface area contributed by atoms with Gasteiger partial charge in [-0.1, -0.05) is 12.2 Å². The Kier molecular flexibility index (Phi) is 5.22. The van der Waals surface area contributed by atoms with Crippen molar-refractivity contribution in [2.75, 3.05) is 20.7 Å². The fourth-order valence-corrected chi connectivity index (χ4v) is 1.27. The fraction of sp³-hybridized carbons (Fsp3) is 0.333. The molecule has 0 aromatic carbocycles. The molecule has 0 fully saturated rings. The largest absolute Gasteiger partial charge is 0.465 e. The minimum absolute atomic E-state index is 0.337. The number of esters is 1. The molecule has 4 heteroatoms. The van der Waals surface area contributed by atoms with Crippen LogP contribution < -0.4 is 5.32 Å². The SMILES string of the molecule is CNCCC=Cc1cnccc1C(=O)OC. The highest BCUT2D eigenvalue weighted by molar-refractivity contribution is 5.93. The summed E-state index contributed by atoms with van der Waals surface area (Å²) in [7, 11) is 3.27. The van der Waals surface area contributed by atoms with Crippen molar-refractivity contribution in [1.82, 2.24) is 10.3 Å². The van der Waals surface area contributed by atoms with Gasteiger partial charge in [0, 0.05) is 18.0 Å². The fourth-order valence-electron chi connectivity index (χ4n) is 1.27. The van der Waals surface area contributed by atoms with Gasteiger partial charge in [-0.25, -0.2) is 4.79 Å². The van der Waals surface area contributed by atoms with Crippen LogP contribution in [0.4, 0.5) is 0 Å². The molecule has 4 nitrogen and oxygen atoms in total. The quantitative estimate of drug-likeness (QED) is 0.603. The Hall–Kier alpha value is -1.68. The maximum absolute atomic E-state index is 11.4. The molecule has 0 radical (unpaired) electrons. The summed E-state index contributed by atoms with van der Waals surface area (Å²) in [6.45, 7) is 0.907. The Labute approximate surface area is 95.3 Å². The number of nitrogens with one attached hydrogen (secondary N) is 1. The van der Waals surface area contributed by atoms with E-state index in [2.05, 4.69) is 10.3 Å². The zero-order valence-electron chi connectivity index (χ0n) is 9.56. The summed E-state index contributed by atoms with van der Waals surface area (Å²) >= 11 is 0. The number of pyridine rings is 1. The average Bonchev–Trinajstić information content (AvgIpc) is 2.34. The standard InChI is InChI=1S/C12H16N2O2/c1-13-7-4-3-5-10-9-14-8-6-11(10)12(15)16-2/h3,5-6,8-9,13H,4,7H2,1-2H3. The molecule has 0 saturated carbocycles. The third-order valence-electron chi connectivity index (χ3n) is 2.12. The van der Waals surface area contributed by atoms with Crippen LogP contribution in [0.2, 0.25) is 0 Å². The van der Waals surface area contributed by atoms with Crippen LogP contribution in [-0.4, -0.2) is 31.7 Å². The zero-order chi connectivity index (χ0) is 11.8. The first kappa shape index (κ1) is 12.4. The van der Waals surface area contributed by atoms with E-state index >= 15 is 0 Å². The van der Waals surface area contributed by atoms with Gasteiger partial charge in [-0.05, 0) is 26.1 Å². The summed E-state index contributed by atoms with van der Waals surface area (Å²) in [6.07, 6.45) is 8.03. The highest BCUT2D eigenvalue weighted by atomic mass is 16.5. The lowest BCUT2D eigenvalue weighted by molar-refractivity contribution is 0.0600. The normalized spacial score (nSPS) is 10.6. The van der Waals surface area contributed by atoms with E-state index in [4.69, 9.17) is 4.74 Å². The molecule has 1 N–H and O–H groups in total. The zero-order valence-corrected chi connectivity index (χ0v) is 9.56. The molecule has 0 bridgehead atoms. The monoisotopic (exact) mass is 220 g/mol. The van der Waals surface area contributed by atoms with E-state index in [1.54, 1.807) is 18.5 Å². The summed E-state index contributed by atoms with van der Waals surface area (Å²) < 4.78 is 4.69. The van der Waals surface area contributed by atoms with E-state index < -0.39 is 0 Å². The molecule has 1 aromatic heterocycles. The van der Waals surface area contributed by atoms with Gasteiger partial charge < -0.3 is 10.1 Å². The van der Waals surface area contributed by atoms with Crippen molar-refractivity contribution in [2.45, 2.75) is 6.42 Å². The lowest BCUT2D eigenvalue weighted by Crippen LogP contribution is -2.06. The molecule has 1 rings (SSSR count). The van der Waals surface area contributed by atoms with Crippen molar-refractivity contribution >= 4 is 12.0 Å². The van der Waals surface area contributed by atoms with Gasteiger partial charge in [0.2, 0.25) is 0 Å². The van der Waals surface area contributed by atoms with Crippen molar-refractivity contribution in [2.24, 2.45) is 0 Å². The van der Waals surface area contributed by atoms with Crippen molar-refractivity contribution in [3.05, 3.63) is 35.7 Å². The number of nitrogens with zero attached hydrogens (tertiary/aromatic N) is 1. The van der Waals surface area contributed by atoms with Gasteiger partial charge in [0.15, 0.2) is 0 Å². The molecule has 0 aliphatic rings. The maximum Gasteiger partial charge on any atom is 0.338 e. The van der Waals surface area contributed by atoms with Crippen LogP contribution in [0.25, 0.3) is 6.08 Å². The molecule has 0 aliphatic heterocycles. The van der Waals surface area contributed by atoms with Gasteiger partial charge >= 0.3 is 5.97 Å². The first-order chi connectivity index (χ1) is 7.79. The number of hydrogen-bond acceptors (Lipinski definition) is 4. The highest BCUT2D eigenvalue weighted by Gasteiger charge is 2.08. The first-order valence-electron chi connectivity index (χ1n) is 5.13. The predicted molar refractivity (Wildman–Crippen MR) is 63.2 cm³/mol. The van der Waals surface area contributed by atoms with E-state index in [-0.39, 0.29) is 5.97 Å². The number of ether oxygens (including phenoxy) is 1. The van der Waals surface area contributed by atoms with Gasteiger partial charge in [0.05, 0.1) is 12.7 Å². The number of carbonyl (C=O) groups is 1. The summed E-state index contributed by atoms with van der Waals surface area (Å²) in [5.74, 6) is -0.337. The Bertz CT molecular complexity index is 375. The number of rotatable bonds is 5. The molecule has 86 valence electrons. The summed E-state index contributed by atoms with van der Waals surface area (Å²) in [5, 5.41) is 3.04. The van der Waals surface area contributed by atoms with E-state index in [0.717, 1.165) is 18.5 Å². The van der Waals surface area contributed by atoms with Gasteiger partial charge in [-0.2, -0.15) is 0 Å². The van der Waals surface area contributed by atoms with Crippen LogP contribution in [0.1, 0.15) is 22.3 Å². The van der Waals surface area contributed by atoms with Crippen LogP contribution in [-0.2, 0) is 4.74 Å². The minimum Gasteiger partial charge on any atom is -0.465 e. The van der Waals surface area contributed by atoms with Gasteiger partial charge in [0.1, 0.15) is 0 Å². The number of methoxy groups -OCH3 is 1. The molecule has 0 unspecified atom stereocenters. The Morgan fingerprint density at radius 1 is 1.62 bits per heavy atom. The minimum atomic E-state index is -0.337. The molecule has 0 spiro atoms. The van der Waals surface area contributed by atoms with E-state index in [0.29, 0.717) is 5.56 Å². The molecule has 0 atom stereocenters. The second-order valence-corrected chi connectivity index (χ2v) is 3.25. The number of hydrogen-bond donors (Lipinski definition) is 1. The van der Waals surface area contributed by atoms with Crippen LogP contribution >= 0.6 is 0 Å². The van der Waals surface area contributed by atoms with Crippen molar-refractivity contribution in [1.29, 1.82) is 0 Å². The van der Waals surface area contributed by atoms with Crippen LogP contribution in [0.15, 0.2) is 24.5 Å². The molecule has 16 heavy (non-hydrogen) atoms. The molecule has 1 heterocycles. The molecule has 0 saturated heterocycles. The van der Waals surface area contributed by atoms with Gasteiger partial charge in [-0.15, -0.1) is 0 Å². The number of aromatic nitrogens is 1. The molecular formula is C12H16N2O2. The maximum atomic E-state index is 11.4.